The molecule has 162 valence electrons. The zero-order valence-electron chi connectivity index (χ0n) is 15.3. The Hall–Kier alpha value is -3.87. The number of carbonyl (C=O) groups is 2. The lowest BCUT2D eigenvalue weighted by atomic mass is 10.1. The molecule has 0 aliphatic rings. The molecule has 2 amide bonds. The molecule has 0 bridgehead atoms. The fourth-order valence-electron chi connectivity index (χ4n) is 2.61. The van der Waals surface area contributed by atoms with E-state index in [1.54, 1.807) is 0 Å². The van der Waals surface area contributed by atoms with Gasteiger partial charge >= 0.3 is 18.2 Å². The van der Waals surface area contributed by atoms with Crippen LogP contribution in [0.15, 0.2) is 40.5 Å². The van der Waals surface area contributed by atoms with Crippen molar-refractivity contribution in [2.75, 3.05) is 5.32 Å². The fourth-order valence-corrected chi connectivity index (χ4v) is 3.40. The summed E-state index contributed by atoms with van der Waals surface area (Å²) in [5.41, 5.74) is -2.84. The molecular formula is C18H13F3N4O5S. The molecule has 0 unspecified atom stereocenters. The van der Waals surface area contributed by atoms with E-state index >= 15 is 0 Å². The highest BCUT2D eigenvalue weighted by Crippen LogP contribution is 2.33. The third kappa shape index (κ3) is 4.83. The molecule has 0 saturated carbocycles. The van der Waals surface area contributed by atoms with E-state index in [0.717, 1.165) is 17.4 Å². The summed E-state index contributed by atoms with van der Waals surface area (Å²) in [7, 11) is 0. The first-order chi connectivity index (χ1) is 14.6. The minimum atomic E-state index is -4.58. The Morgan fingerprint density at radius 1 is 1.19 bits per heavy atom. The van der Waals surface area contributed by atoms with Crippen molar-refractivity contribution in [3.8, 4) is 16.5 Å². The Bertz CT molecular complexity index is 1210. The van der Waals surface area contributed by atoms with Gasteiger partial charge in [0.2, 0.25) is 5.75 Å². The number of hydrogen-bond donors (Lipinski definition) is 5. The summed E-state index contributed by atoms with van der Waals surface area (Å²) in [5.74, 6) is -2.91. The van der Waals surface area contributed by atoms with Gasteiger partial charge in [-0.25, -0.2) is 14.6 Å². The molecule has 31 heavy (non-hydrogen) atoms. The lowest BCUT2D eigenvalue weighted by molar-refractivity contribution is -0.138. The fraction of sp³-hybridized carbons (Fsp3) is 0.111. The number of benzene rings is 1. The van der Waals surface area contributed by atoms with Gasteiger partial charge in [-0.2, -0.15) is 13.2 Å². The average Bonchev–Trinajstić information content (AvgIpc) is 3.15. The number of alkyl halides is 3. The van der Waals surface area contributed by atoms with Gasteiger partial charge in [0, 0.05) is 6.54 Å². The highest BCUT2D eigenvalue weighted by molar-refractivity contribution is 7.14. The number of aromatic nitrogens is 2. The van der Waals surface area contributed by atoms with Gasteiger partial charge in [0.25, 0.3) is 5.56 Å². The molecule has 0 atom stereocenters. The number of aromatic hydroxyl groups is 1. The van der Waals surface area contributed by atoms with Crippen molar-refractivity contribution in [3.05, 3.63) is 62.9 Å². The Morgan fingerprint density at radius 3 is 2.58 bits per heavy atom. The lowest BCUT2D eigenvalue weighted by Gasteiger charge is -2.13. The normalized spacial score (nSPS) is 11.2. The van der Waals surface area contributed by atoms with Gasteiger partial charge in [-0.3, -0.25) is 4.79 Å². The van der Waals surface area contributed by atoms with Crippen LogP contribution in [-0.4, -0.2) is 32.2 Å². The minimum absolute atomic E-state index is 0.122. The average molecular weight is 454 g/mol. The Kier molecular flexibility index (Phi) is 5.97. The lowest BCUT2D eigenvalue weighted by Crippen LogP contribution is -2.29. The summed E-state index contributed by atoms with van der Waals surface area (Å²) in [4.78, 5) is 41.2. The van der Waals surface area contributed by atoms with E-state index < -0.39 is 47.3 Å². The van der Waals surface area contributed by atoms with Crippen LogP contribution in [-0.2, 0) is 12.7 Å². The monoisotopic (exact) mass is 454 g/mol. The molecule has 5 N–H and O–H groups in total. The summed E-state index contributed by atoms with van der Waals surface area (Å²) in [6, 6.07) is 5.37. The van der Waals surface area contributed by atoms with Crippen LogP contribution in [0.2, 0.25) is 0 Å². The molecule has 2 heterocycles. The number of anilines is 1. The number of nitrogens with one attached hydrogen (secondary N) is 3. The number of aromatic carboxylic acids is 1. The number of carboxylic acid groups (broad SMARTS) is 1. The van der Waals surface area contributed by atoms with Crippen molar-refractivity contribution in [3.63, 3.8) is 0 Å². The Balaban J connectivity index is 1.78. The van der Waals surface area contributed by atoms with E-state index in [2.05, 4.69) is 20.6 Å². The molecule has 0 saturated heterocycles. The quantitative estimate of drug-likeness (QED) is 0.400. The number of halogens is 3. The third-order valence-electron chi connectivity index (χ3n) is 3.99. The Morgan fingerprint density at radius 2 is 1.90 bits per heavy atom. The van der Waals surface area contributed by atoms with Crippen molar-refractivity contribution in [2.45, 2.75) is 12.7 Å². The van der Waals surface area contributed by atoms with Crippen molar-refractivity contribution >= 4 is 29.0 Å². The highest BCUT2D eigenvalue weighted by atomic mass is 32.1. The maximum atomic E-state index is 13.0. The zero-order chi connectivity index (χ0) is 22.8. The van der Waals surface area contributed by atoms with Crippen LogP contribution in [0.4, 0.5) is 23.7 Å². The van der Waals surface area contributed by atoms with Crippen LogP contribution in [0.5, 0.6) is 5.75 Å². The van der Waals surface area contributed by atoms with Crippen LogP contribution in [0.1, 0.15) is 21.6 Å². The minimum Gasteiger partial charge on any atom is -0.501 e. The second-order valence-electron chi connectivity index (χ2n) is 6.04. The smallest absolute Gasteiger partial charge is 0.416 e. The number of thiophene rings is 1. The van der Waals surface area contributed by atoms with E-state index in [1.165, 1.54) is 29.6 Å². The van der Waals surface area contributed by atoms with Gasteiger partial charge in [0.05, 0.1) is 16.1 Å². The van der Waals surface area contributed by atoms with Crippen LogP contribution in [0, 0.1) is 0 Å². The SMILES string of the molecule is O=C(NCc1ccccc1C(F)(F)F)Nc1ccsc1-c1nc(C(=O)O)c(O)c(=O)[nH]1. The summed E-state index contributed by atoms with van der Waals surface area (Å²) >= 11 is 1.00. The number of carbonyl (C=O) groups excluding carboxylic acids is 1. The number of amides is 2. The predicted molar refractivity (Wildman–Crippen MR) is 104 cm³/mol. The van der Waals surface area contributed by atoms with Crippen LogP contribution >= 0.6 is 11.3 Å². The van der Waals surface area contributed by atoms with Gasteiger partial charge in [-0.1, -0.05) is 18.2 Å². The molecule has 13 heteroatoms. The van der Waals surface area contributed by atoms with Crippen LogP contribution in [0.3, 0.4) is 0 Å². The molecule has 0 fully saturated rings. The molecule has 0 spiro atoms. The van der Waals surface area contributed by atoms with E-state index in [0.29, 0.717) is 0 Å². The topological polar surface area (TPSA) is 144 Å². The maximum absolute atomic E-state index is 13.0. The second kappa shape index (κ2) is 8.47. The van der Waals surface area contributed by atoms with Gasteiger partial charge < -0.3 is 25.8 Å². The molecule has 0 aliphatic heterocycles. The summed E-state index contributed by atoms with van der Waals surface area (Å²) in [6.07, 6.45) is -4.58. The first-order valence-electron chi connectivity index (χ1n) is 8.42. The number of carboxylic acids is 1. The number of urea groups is 1. The standard InChI is InChI=1S/C18H13F3N4O5S/c19-18(20,21)9-4-2-1-3-8(9)7-22-17(30)23-10-5-6-31-13(10)14-24-11(16(28)29)12(26)15(27)25-14/h1-6,26H,7H2,(H,28,29)(H2,22,23,30)(H,24,25,27). The largest absolute Gasteiger partial charge is 0.501 e. The Labute approximate surface area is 175 Å². The second-order valence-corrected chi connectivity index (χ2v) is 6.96. The number of aromatic amines is 1. The van der Waals surface area contributed by atoms with Crippen LogP contribution < -0.4 is 16.2 Å². The van der Waals surface area contributed by atoms with E-state index in [1.807, 2.05) is 0 Å². The molecular weight excluding hydrogens is 441 g/mol. The maximum Gasteiger partial charge on any atom is 0.416 e. The van der Waals surface area contributed by atoms with Gasteiger partial charge in [-0.15, -0.1) is 11.3 Å². The zero-order valence-corrected chi connectivity index (χ0v) is 16.1. The van der Waals surface area contributed by atoms with E-state index in [4.69, 9.17) is 5.11 Å². The van der Waals surface area contributed by atoms with Crippen molar-refractivity contribution in [2.24, 2.45) is 0 Å². The number of rotatable bonds is 5. The molecule has 0 radical (unpaired) electrons. The van der Waals surface area contributed by atoms with E-state index in [-0.39, 0.29) is 22.0 Å². The third-order valence-corrected chi connectivity index (χ3v) is 4.91. The predicted octanol–water partition coefficient (Wildman–Crippen LogP) is 3.24. The van der Waals surface area contributed by atoms with Crippen molar-refractivity contribution in [1.82, 2.24) is 15.3 Å². The highest BCUT2D eigenvalue weighted by Gasteiger charge is 2.32. The van der Waals surface area contributed by atoms with E-state index in [9.17, 15) is 32.7 Å². The molecule has 9 nitrogen and oxygen atoms in total. The summed E-state index contributed by atoms with van der Waals surface area (Å²) < 4.78 is 39.1. The molecule has 3 rings (SSSR count). The van der Waals surface area contributed by atoms with Gasteiger partial charge in [-0.05, 0) is 23.1 Å². The molecule has 3 aromatic rings. The molecule has 1 aromatic carbocycles. The molecule has 0 aliphatic carbocycles. The van der Waals surface area contributed by atoms with Crippen LogP contribution in [0.25, 0.3) is 10.7 Å². The number of H-pyrrole nitrogens is 1. The summed E-state index contributed by atoms with van der Waals surface area (Å²) in [6.45, 7) is -0.404. The first kappa shape index (κ1) is 21.8. The number of nitrogens with zero attached hydrogens (tertiary/aromatic N) is 1. The van der Waals surface area contributed by atoms with Crippen molar-refractivity contribution < 1.29 is 33.0 Å². The molecule has 2 aromatic heterocycles. The van der Waals surface area contributed by atoms with Gasteiger partial charge in [0.1, 0.15) is 0 Å². The summed E-state index contributed by atoms with van der Waals surface area (Å²) in [5, 5.41) is 24.8. The van der Waals surface area contributed by atoms with Gasteiger partial charge in [0.15, 0.2) is 11.5 Å². The first-order valence-corrected chi connectivity index (χ1v) is 9.30. The number of hydrogen-bond acceptors (Lipinski definition) is 6. The van der Waals surface area contributed by atoms with Crippen molar-refractivity contribution in [1.29, 1.82) is 0 Å².